The van der Waals surface area contributed by atoms with Crippen molar-refractivity contribution in [3.05, 3.63) is 45.8 Å². The fraction of sp³-hybridized carbons (Fsp3) is 0.263. The molecule has 0 spiro atoms. The zero-order chi connectivity index (χ0) is 20.4. The molecule has 3 aromatic rings. The van der Waals surface area contributed by atoms with Crippen LogP contribution < -0.4 is 16.4 Å². The number of benzene rings is 1. The standard InChI is InChI=1S/C19H19N5O2S3/c1-10-4-2-5-11(8-10)21-18-23-24-19(29-18)27-9-14(25)22-17-15(16(20)26)12-6-3-7-13(12)28-17/h2,4-5,8H,3,6-7,9H2,1H3,(H2,20,26)(H,21,23)(H,22,25). The van der Waals surface area contributed by atoms with E-state index in [-0.39, 0.29) is 11.7 Å². The zero-order valence-electron chi connectivity index (χ0n) is 15.7. The molecule has 0 bridgehead atoms. The number of carbonyl (C=O) groups is 2. The number of carbonyl (C=O) groups excluding carboxylic acids is 2. The van der Waals surface area contributed by atoms with Gasteiger partial charge in [-0.3, -0.25) is 9.59 Å². The van der Waals surface area contributed by atoms with Crippen molar-refractivity contribution in [2.75, 3.05) is 16.4 Å². The predicted molar refractivity (Wildman–Crippen MR) is 119 cm³/mol. The molecular formula is C19H19N5O2S3. The van der Waals surface area contributed by atoms with Gasteiger partial charge in [0.25, 0.3) is 5.91 Å². The maximum absolute atomic E-state index is 12.4. The molecule has 29 heavy (non-hydrogen) atoms. The Morgan fingerprint density at radius 2 is 2.10 bits per heavy atom. The number of anilines is 3. The molecule has 0 saturated carbocycles. The van der Waals surface area contributed by atoms with Crippen LogP contribution in [-0.4, -0.2) is 27.8 Å². The number of hydrogen-bond acceptors (Lipinski definition) is 8. The Kier molecular flexibility index (Phi) is 5.84. The third kappa shape index (κ3) is 4.60. The number of fused-ring (bicyclic) bond motifs is 1. The van der Waals surface area contributed by atoms with E-state index < -0.39 is 5.91 Å². The number of nitrogens with zero attached hydrogens (tertiary/aromatic N) is 2. The number of thioether (sulfide) groups is 1. The summed E-state index contributed by atoms with van der Waals surface area (Å²) in [5, 5.41) is 15.5. The molecule has 150 valence electrons. The molecule has 2 heterocycles. The van der Waals surface area contributed by atoms with Crippen molar-refractivity contribution in [2.24, 2.45) is 5.73 Å². The molecule has 0 unspecified atom stereocenters. The quantitative estimate of drug-likeness (QED) is 0.475. The summed E-state index contributed by atoms with van der Waals surface area (Å²) in [4.78, 5) is 25.4. The van der Waals surface area contributed by atoms with Crippen LogP contribution in [0.4, 0.5) is 15.8 Å². The third-order valence-corrected chi connectivity index (χ3v) is 7.60. The van der Waals surface area contributed by atoms with Crippen LogP contribution in [0.2, 0.25) is 0 Å². The monoisotopic (exact) mass is 445 g/mol. The van der Waals surface area contributed by atoms with Gasteiger partial charge in [-0.2, -0.15) is 0 Å². The minimum Gasteiger partial charge on any atom is -0.365 e. The molecule has 0 atom stereocenters. The summed E-state index contributed by atoms with van der Waals surface area (Å²) < 4.78 is 0.694. The molecule has 4 N–H and O–H groups in total. The van der Waals surface area contributed by atoms with E-state index in [4.69, 9.17) is 5.73 Å². The highest BCUT2D eigenvalue weighted by Crippen LogP contribution is 2.39. The van der Waals surface area contributed by atoms with E-state index in [0.717, 1.165) is 41.0 Å². The second-order valence-electron chi connectivity index (χ2n) is 6.63. The Bertz CT molecular complexity index is 1080. The van der Waals surface area contributed by atoms with Crippen LogP contribution in [0.5, 0.6) is 0 Å². The lowest BCUT2D eigenvalue weighted by Gasteiger charge is -2.05. The molecule has 2 amide bonds. The second kappa shape index (κ2) is 8.52. The van der Waals surface area contributed by atoms with E-state index in [1.165, 1.54) is 34.4 Å². The summed E-state index contributed by atoms with van der Waals surface area (Å²) in [6.07, 6.45) is 2.81. The van der Waals surface area contributed by atoms with Gasteiger partial charge in [0, 0.05) is 10.6 Å². The van der Waals surface area contributed by atoms with Crippen LogP contribution in [0, 0.1) is 6.92 Å². The van der Waals surface area contributed by atoms with E-state index in [2.05, 4.69) is 20.8 Å². The van der Waals surface area contributed by atoms with Crippen molar-refractivity contribution in [1.82, 2.24) is 10.2 Å². The van der Waals surface area contributed by atoms with Crippen molar-refractivity contribution in [2.45, 2.75) is 30.5 Å². The second-order valence-corrected chi connectivity index (χ2v) is 9.94. The lowest BCUT2D eigenvalue weighted by Crippen LogP contribution is -2.18. The number of aryl methyl sites for hydroxylation is 2. The zero-order valence-corrected chi connectivity index (χ0v) is 18.1. The van der Waals surface area contributed by atoms with E-state index in [9.17, 15) is 9.59 Å². The summed E-state index contributed by atoms with van der Waals surface area (Å²) in [7, 11) is 0. The molecule has 0 radical (unpaired) electrons. The average Bonchev–Trinajstić information content (AvgIpc) is 3.36. The van der Waals surface area contributed by atoms with E-state index in [0.29, 0.717) is 20.0 Å². The number of primary amides is 1. The van der Waals surface area contributed by atoms with Crippen LogP contribution >= 0.6 is 34.4 Å². The normalized spacial score (nSPS) is 12.6. The van der Waals surface area contributed by atoms with Crippen LogP contribution in [0.25, 0.3) is 0 Å². The molecule has 2 aromatic heterocycles. The summed E-state index contributed by atoms with van der Waals surface area (Å²) >= 11 is 4.15. The molecule has 0 fully saturated rings. The highest BCUT2D eigenvalue weighted by atomic mass is 32.2. The van der Waals surface area contributed by atoms with Crippen LogP contribution in [0.1, 0.15) is 32.8 Å². The molecule has 1 aromatic carbocycles. The van der Waals surface area contributed by atoms with Gasteiger partial charge >= 0.3 is 0 Å². The average molecular weight is 446 g/mol. The van der Waals surface area contributed by atoms with Gasteiger partial charge in [-0.15, -0.1) is 21.5 Å². The highest BCUT2D eigenvalue weighted by Gasteiger charge is 2.26. The van der Waals surface area contributed by atoms with E-state index in [1.807, 2.05) is 31.2 Å². The molecule has 0 saturated heterocycles. The number of hydrogen-bond donors (Lipinski definition) is 3. The van der Waals surface area contributed by atoms with Crippen molar-refractivity contribution in [3.8, 4) is 0 Å². The Balaban J connectivity index is 1.35. The maximum Gasteiger partial charge on any atom is 0.251 e. The van der Waals surface area contributed by atoms with Gasteiger partial charge < -0.3 is 16.4 Å². The molecular weight excluding hydrogens is 426 g/mol. The first-order valence-corrected chi connectivity index (χ1v) is 11.7. The number of thiophene rings is 1. The first-order chi connectivity index (χ1) is 14.0. The highest BCUT2D eigenvalue weighted by molar-refractivity contribution is 8.01. The molecule has 10 heteroatoms. The molecule has 4 rings (SSSR count). The van der Waals surface area contributed by atoms with E-state index in [1.54, 1.807) is 0 Å². The molecule has 1 aliphatic carbocycles. The number of nitrogens with one attached hydrogen (secondary N) is 2. The molecule has 7 nitrogen and oxygen atoms in total. The molecule has 0 aliphatic heterocycles. The maximum atomic E-state index is 12.4. The van der Waals surface area contributed by atoms with Gasteiger partial charge in [0.15, 0.2) is 4.34 Å². The third-order valence-electron chi connectivity index (χ3n) is 4.42. The minimum absolute atomic E-state index is 0.180. The van der Waals surface area contributed by atoms with Gasteiger partial charge in [-0.25, -0.2) is 0 Å². The summed E-state index contributed by atoms with van der Waals surface area (Å²) in [6, 6.07) is 7.98. The van der Waals surface area contributed by atoms with Crippen molar-refractivity contribution < 1.29 is 9.59 Å². The van der Waals surface area contributed by atoms with Crippen LogP contribution in [0.3, 0.4) is 0 Å². The Morgan fingerprint density at radius 1 is 1.24 bits per heavy atom. The smallest absolute Gasteiger partial charge is 0.251 e. The Hall–Kier alpha value is -2.43. The van der Waals surface area contributed by atoms with Crippen LogP contribution in [-0.2, 0) is 17.6 Å². The number of rotatable bonds is 7. The SMILES string of the molecule is Cc1cccc(Nc2nnc(SCC(=O)Nc3sc4c(c3C(N)=O)CCC4)s2)c1. The van der Waals surface area contributed by atoms with Gasteiger partial charge in [0.1, 0.15) is 5.00 Å². The Labute approximate surface area is 180 Å². The van der Waals surface area contributed by atoms with Crippen molar-refractivity contribution in [3.63, 3.8) is 0 Å². The Morgan fingerprint density at radius 3 is 2.90 bits per heavy atom. The fourth-order valence-electron chi connectivity index (χ4n) is 3.21. The lowest BCUT2D eigenvalue weighted by molar-refractivity contribution is -0.113. The van der Waals surface area contributed by atoms with Gasteiger partial charge in [0.05, 0.1) is 11.3 Å². The largest absolute Gasteiger partial charge is 0.365 e. The van der Waals surface area contributed by atoms with Crippen molar-refractivity contribution >= 4 is 62.1 Å². The van der Waals surface area contributed by atoms with Crippen molar-refractivity contribution in [1.29, 1.82) is 0 Å². The topological polar surface area (TPSA) is 110 Å². The number of aromatic nitrogens is 2. The summed E-state index contributed by atoms with van der Waals surface area (Å²) in [5.41, 5.74) is 9.11. The van der Waals surface area contributed by atoms with E-state index >= 15 is 0 Å². The van der Waals surface area contributed by atoms with Gasteiger partial charge in [-0.1, -0.05) is 35.2 Å². The lowest BCUT2D eigenvalue weighted by atomic mass is 10.1. The number of nitrogens with two attached hydrogens (primary N) is 1. The van der Waals surface area contributed by atoms with Crippen LogP contribution in [0.15, 0.2) is 28.6 Å². The van der Waals surface area contributed by atoms with Gasteiger partial charge in [-0.05, 0) is 49.4 Å². The summed E-state index contributed by atoms with van der Waals surface area (Å²) in [5.74, 6) is -0.496. The first kappa shape index (κ1) is 19.9. The van der Waals surface area contributed by atoms with Gasteiger partial charge in [0.2, 0.25) is 11.0 Å². The summed E-state index contributed by atoms with van der Waals surface area (Å²) in [6.45, 7) is 2.02. The minimum atomic E-state index is -0.483. The first-order valence-electron chi connectivity index (χ1n) is 9.04. The number of amides is 2. The molecule has 1 aliphatic rings. The fourth-order valence-corrected chi connectivity index (χ4v) is 6.09. The predicted octanol–water partition coefficient (Wildman–Crippen LogP) is 3.97.